The average molecular weight is 483 g/mol. The summed E-state index contributed by atoms with van der Waals surface area (Å²) in [6, 6.07) is 16.3. The number of hydrogen-bond donors (Lipinski definition) is 3. The predicted molar refractivity (Wildman–Crippen MR) is 137 cm³/mol. The van der Waals surface area contributed by atoms with Gasteiger partial charge in [0.2, 0.25) is 0 Å². The molecule has 0 unspecified atom stereocenters. The minimum atomic E-state index is 0.0642. The Morgan fingerprint density at radius 1 is 0.583 bits per heavy atom. The second-order valence-electron chi connectivity index (χ2n) is 9.22. The van der Waals surface area contributed by atoms with E-state index < -0.39 is 0 Å². The normalized spacial score (nSPS) is 13.2. The second kappa shape index (κ2) is 8.41. The quantitative estimate of drug-likeness (QED) is 0.324. The van der Waals surface area contributed by atoms with Crippen LogP contribution in [0.15, 0.2) is 54.6 Å². The van der Waals surface area contributed by atoms with Gasteiger partial charge >= 0.3 is 0 Å². The topological polar surface area (TPSA) is 88.4 Å². The van der Waals surface area contributed by atoms with Crippen LogP contribution in [-0.4, -0.2) is 29.5 Å². The maximum Gasteiger partial charge on any atom is 0.166 e. The molecule has 0 aliphatic heterocycles. The number of phenols is 3. The molecular weight excluding hydrogens is 456 g/mol. The summed E-state index contributed by atoms with van der Waals surface area (Å²) < 4.78 is 17.7. The van der Waals surface area contributed by atoms with Crippen LogP contribution in [0, 0.1) is 0 Å². The largest absolute Gasteiger partial charge is 0.508 e. The van der Waals surface area contributed by atoms with Gasteiger partial charge in [0, 0.05) is 28.8 Å². The number of aryl methyl sites for hydroxylation is 3. The number of rotatable bonds is 4. The number of ether oxygens (including phenoxy) is 3. The molecule has 4 aromatic rings. The number of aromatic hydroxyl groups is 3. The van der Waals surface area contributed by atoms with Gasteiger partial charge in [-0.2, -0.15) is 0 Å². The van der Waals surface area contributed by atoms with Gasteiger partial charge in [0.15, 0.2) is 11.5 Å². The first-order valence-electron chi connectivity index (χ1n) is 11.9. The van der Waals surface area contributed by atoms with Crippen molar-refractivity contribution in [2.24, 2.45) is 0 Å². The third-order valence-corrected chi connectivity index (χ3v) is 7.18. The lowest BCUT2D eigenvalue weighted by atomic mass is 9.84. The van der Waals surface area contributed by atoms with Gasteiger partial charge in [0.25, 0.3) is 0 Å². The number of fused-ring (bicyclic) bond motifs is 6. The van der Waals surface area contributed by atoms with Crippen LogP contribution < -0.4 is 14.2 Å². The molecule has 0 heterocycles. The highest BCUT2D eigenvalue weighted by Crippen LogP contribution is 2.51. The first-order valence-corrected chi connectivity index (χ1v) is 11.9. The standard InChI is InChI=1S/C30H26O6/c1-34-26-14-21(13-18-4-3-16-11-19(31)6-9-22(16)28(18)26)36-25-15-27(35-2)30(33)29-23-10-7-20(32)12-17(23)5-8-24(25)29/h6-7,9-15,31-33H,3-5,8H2,1-2H3. The zero-order valence-electron chi connectivity index (χ0n) is 20.1. The van der Waals surface area contributed by atoms with Crippen LogP contribution in [0.5, 0.6) is 40.2 Å². The van der Waals surface area contributed by atoms with Gasteiger partial charge in [0.05, 0.1) is 14.2 Å². The minimum absolute atomic E-state index is 0.0642. The molecule has 0 atom stereocenters. The Morgan fingerprint density at radius 2 is 1.19 bits per heavy atom. The zero-order chi connectivity index (χ0) is 25.0. The molecule has 0 bridgehead atoms. The molecule has 3 N–H and O–H groups in total. The predicted octanol–water partition coefficient (Wildman–Crippen LogP) is 6.14. The highest BCUT2D eigenvalue weighted by atomic mass is 16.5. The van der Waals surface area contributed by atoms with Gasteiger partial charge in [0.1, 0.15) is 28.7 Å². The average Bonchev–Trinajstić information content (AvgIpc) is 2.88. The molecule has 0 amide bonds. The van der Waals surface area contributed by atoms with Crippen LogP contribution in [0.25, 0.3) is 22.3 Å². The molecule has 6 heteroatoms. The molecule has 0 spiro atoms. The molecule has 182 valence electrons. The van der Waals surface area contributed by atoms with E-state index in [1.807, 2.05) is 30.3 Å². The number of hydrogen-bond acceptors (Lipinski definition) is 6. The molecule has 2 aliphatic carbocycles. The summed E-state index contributed by atoms with van der Waals surface area (Å²) in [4.78, 5) is 0. The summed E-state index contributed by atoms with van der Waals surface area (Å²) in [6.45, 7) is 0. The highest BCUT2D eigenvalue weighted by molar-refractivity contribution is 5.84. The fraction of sp³-hybridized carbons (Fsp3) is 0.200. The van der Waals surface area contributed by atoms with Crippen LogP contribution in [0.2, 0.25) is 0 Å². The van der Waals surface area contributed by atoms with Gasteiger partial charge in [-0.3, -0.25) is 0 Å². The molecule has 6 nitrogen and oxygen atoms in total. The molecule has 36 heavy (non-hydrogen) atoms. The lowest BCUT2D eigenvalue weighted by Crippen LogP contribution is -2.08. The van der Waals surface area contributed by atoms with E-state index in [1.165, 1.54) is 7.11 Å². The van der Waals surface area contributed by atoms with Gasteiger partial charge in [-0.25, -0.2) is 0 Å². The van der Waals surface area contributed by atoms with Gasteiger partial charge in [-0.05, 0) is 83.8 Å². The minimum Gasteiger partial charge on any atom is -0.508 e. The molecular formula is C30H26O6. The van der Waals surface area contributed by atoms with E-state index in [2.05, 4.69) is 0 Å². The lowest BCUT2D eigenvalue weighted by molar-refractivity contribution is 0.369. The number of methoxy groups -OCH3 is 2. The SMILES string of the molecule is COc1cc(Oc2cc3c(c(OC)c2)-c2ccc(O)cc2CC3)c2c(c1O)-c1ccc(O)cc1CC2. The molecule has 0 fully saturated rings. The molecule has 2 aliphatic rings. The molecule has 4 aromatic carbocycles. The maximum atomic E-state index is 11.0. The fourth-order valence-electron chi connectivity index (χ4n) is 5.53. The summed E-state index contributed by atoms with van der Waals surface area (Å²) >= 11 is 0. The Labute approximate surface area is 209 Å². The van der Waals surface area contributed by atoms with Gasteiger partial charge in [-0.1, -0.05) is 12.1 Å². The smallest absolute Gasteiger partial charge is 0.166 e. The van der Waals surface area contributed by atoms with Crippen LogP contribution in [0.1, 0.15) is 22.3 Å². The van der Waals surface area contributed by atoms with E-state index in [0.29, 0.717) is 35.0 Å². The van der Waals surface area contributed by atoms with Gasteiger partial charge in [-0.15, -0.1) is 0 Å². The molecule has 0 saturated carbocycles. The molecule has 0 aromatic heterocycles. The zero-order valence-corrected chi connectivity index (χ0v) is 20.1. The van der Waals surface area contributed by atoms with E-state index in [0.717, 1.165) is 58.2 Å². The van der Waals surface area contributed by atoms with Crippen molar-refractivity contribution in [1.82, 2.24) is 0 Å². The monoisotopic (exact) mass is 482 g/mol. The summed E-state index contributed by atoms with van der Waals surface area (Å²) in [7, 11) is 3.16. The Balaban J connectivity index is 1.47. The third-order valence-electron chi connectivity index (χ3n) is 7.18. The Hall–Kier alpha value is -4.32. The van der Waals surface area contributed by atoms with Crippen molar-refractivity contribution in [3.8, 4) is 62.5 Å². The Morgan fingerprint density at radius 3 is 1.86 bits per heavy atom. The van der Waals surface area contributed by atoms with Crippen molar-refractivity contribution in [1.29, 1.82) is 0 Å². The summed E-state index contributed by atoms with van der Waals surface area (Å²) in [5.74, 6) is 2.81. The van der Waals surface area contributed by atoms with E-state index in [-0.39, 0.29) is 17.2 Å². The highest BCUT2D eigenvalue weighted by Gasteiger charge is 2.27. The van der Waals surface area contributed by atoms with Crippen molar-refractivity contribution in [2.45, 2.75) is 25.7 Å². The van der Waals surface area contributed by atoms with E-state index in [4.69, 9.17) is 14.2 Å². The first-order chi connectivity index (χ1) is 17.5. The summed E-state index contributed by atoms with van der Waals surface area (Å²) in [6.07, 6.45) is 2.98. The molecule has 0 saturated heterocycles. The van der Waals surface area contributed by atoms with E-state index >= 15 is 0 Å². The van der Waals surface area contributed by atoms with E-state index in [1.54, 1.807) is 31.4 Å². The molecule has 6 rings (SSSR count). The van der Waals surface area contributed by atoms with Gasteiger partial charge < -0.3 is 29.5 Å². The fourth-order valence-corrected chi connectivity index (χ4v) is 5.53. The van der Waals surface area contributed by atoms with Crippen LogP contribution in [0.4, 0.5) is 0 Å². The second-order valence-corrected chi connectivity index (χ2v) is 9.22. The van der Waals surface area contributed by atoms with Crippen molar-refractivity contribution in [3.05, 3.63) is 76.9 Å². The third kappa shape index (κ3) is 3.49. The summed E-state index contributed by atoms with van der Waals surface area (Å²) in [5.41, 5.74) is 7.68. The first kappa shape index (κ1) is 22.2. The molecule has 0 radical (unpaired) electrons. The van der Waals surface area contributed by atoms with Crippen molar-refractivity contribution < 1.29 is 29.5 Å². The summed E-state index contributed by atoms with van der Waals surface area (Å²) in [5, 5.41) is 30.9. The van der Waals surface area contributed by atoms with Crippen molar-refractivity contribution >= 4 is 0 Å². The van der Waals surface area contributed by atoms with Crippen LogP contribution in [-0.2, 0) is 25.7 Å². The van der Waals surface area contributed by atoms with Crippen molar-refractivity contribution in [3.63, 3.8) is 0 Å². The number of benzene rings is 4. The Bertz CT molecular complexity index is 1500. The maximum absolute atomic E-state index is 11.0. The van der Waals surface area contributed by atoms with Crippen molar-refractivity contribution in [2.75, 3.05) is 14.2 Å². The lowest BCUT2D eigenvalue weighted by Gasteiger charge is -2.26. The van der Waals surface area contributed by atoms with Crippen LogP contribution in [0.3, 0.4) is 0 Å². The van der Waals surface area contributed by atoms with Crippen LogP contribution >= 0.6 is 0 Å². The Kier molecular flexibility index (Phi) is 5.18. The number of phenolic OH excluding ortho intramolecular Hbond substituents is 3. The van der Waals surface area contributed by atoms with E-state index in [9.17, 15) is 15.3 Å².